The largest absolute Gasteiger partial charge is 0.351 e. The molecule has 0 atom stereocenters. The van der Waals surface area contributed by atoms with Gasteiger partial charge in [0.15, 0.2) is 0 Å². The first-order valence-corrected chi connectivity index (χ1v) is 10.6. The minimum atomic E-state index is -0.472. The maximum atomic E-state index is 12.9. The van der Waals surface area contributed by atoms with Crippen LogP contribution in [0.4, 0.5) is 0 Å². The molecule has 0 aliphatic carbocycles. The van der Waals surface area contributed by atoms with E-state index >= 15 is 0 Å². The Morgan fingerprint density at radius 2 is 1.66 bits per heavy atom. The summed E-state index contributed by atoms with van der Waals surface area (Å²) in [6, 6.07) is 16.7. The first-order chi connectivity index (χ1) is 15.1. The summed E-state index contributed by atoms with van der Waals surface area (Å²) >= 11 is 0. The molecule has 2 aromatic rings. The third-order valence-corrected chi connectivity index (χ3v) is 5.15. The quantitative estimate of drug-likeness (QED) is 0.565. The van der Waals surface area contributed by atoms with Crippen LogP contribution in [0.15, 0.2) is 59.1 Å². The van der Waals surface area contributed by atoms with Crippen LogP contribution in [0, 0.1) is 17.2 Å². The first kappa shape index (κ1) is 23.0. The van der Waals surface area contributed by atoms with Crippen molar-refractivity contribution in [2.45, 2.75) is 40.0 Å². The van der Waals surface area contributed by atoms with Gasteiger partial charge in [-0.2, -0.15) is 5.26 Å². The second-order valence-electron chi connectivity index (χ2n) is 9.23. The molecule has 0 spiro atoms. The molecule has 0 fully saturated rings. The molecule has 0 saturated heterocycles. The van der Waals surface area contributed by atoms with E-state index in [0.29, 0.717) is 29.1 Å². The molecule has 0 saturated carbocycles. The average molecular weight is 429 g/mol. The van der Waals surface area contributed by atoms with E-state index in [-0.39, 0.29) is 28.5 Å². The Morgan fingerprint density at radius 3 is 2.22 bits per heavy atom. The number of nitriles is 1. The highest BCUT2D eigenvalue weighted by atomic mass is 16.2. The highest BCUT2D eigenvalue weighted by Crippen LogP contribution is 2.30. The second-order valence-corrected chi connectivity index (χ2v) is 9.23. The molecule has 2 aromatic carbocycles. The van der Waals surface area contributed by atoms with Crippen molar-refractivity contribution in [1.82, 2.24) is 10.6 Å². The van der Waals surface area contributed by atoms with Gasteiger partial charge in [0.2, 0.25) is 0 Å². The van der Waals surface area contributed by atoms with Gasteiger partial charge in [-0.3, -0.25) is 9.59 Å². The number of carbonyl (C=O) groups excluding carboxylic acids is 2. The summed E-state index contributed by atoms with van der Waals surface area (Å²) in [5.74, 6) is -0.198. The average Bonchev–Trinajstić information content (AvgIpc) is 3.10. The Morgan fingerprint density at radius 1 is 1.03 bits per heavy atom. The van der Waals surface area contributed by atoms with Crippen LogP contribution >= 0.6 is 0 Å². The Kier molecular flexibility index (Phi) is 6.59. The number of nitrogens with zero attached hydrogens (tertiary/aromatic N) is 2. The Balaban J connectivity index is 1.92. The van der Waals surface area contributed by atoms with Crippen molar-refractivity contribution in [3.8, 4) is 6.07 Å². The molecule has 6 nitrogen and oxygen atoms in total. The van der Waals surface area contributed by atoms with Gasteiger partial charge in [0.25, 0.3) is 11.8 Å². The van der Waals surface area contributed by atoms with Gasteiger partial charge in [-0.05, 0) is 29.0 Å². The SMILES string of the molecule is CC(C)CNC(=O)C(C#N)=C1N=C(NC(=O)c2ccc(C(C)(C)C)cc2)c2ccccc21. The third-order valence-electron chi connectivity index (χ3n) is 5.15. The van der Waals surface area contributed by atoms with Gasteiger partial charge in [0, 0.05) is 23.2 Å². The van der Waals surface area contributed by atoms with Crippen LogP contribution in [0.2, 0.25) is 0 Å². The van der Waals surface area contributed by atoms with Gasteiger partial charge in [-0.1, -0.05) is 71.0 Å². The minimum Gasteiger partial charge on any atom is -0.351 e. The zero-order valence-corrected chi connectivity index (χ0v) is 19.1. The van der Waals surface area contributed by atoms with Crippen molar-refractivity contribution in [2.24, 2.45) is 10.9 Å². The molecule has 2 amide bonds. The number of amides is 2. The number of hydrogen-bond donors (Lipinski definition) is 2. The van der Waals surface area contributed by atoms with Gasteiger partial charge in [0.1, 0.15) is 17.5 Å². The van der Waals surface area contributed by atoms with Crippen LogP contribution < -0.4 is 10.6 Å². The lowest BCUT2D eigenvalue weighted by Gasteiger charge is -2.19. The van der Waals surface area contributed by atoms with E-state index in [1.165, 1.54) is 0 Å². The predicted octanol–water partition coefficient (Wildman–Crippen LogP) is 4.18. The molecule has 2 N–H and O–H groups in total. The topological polar surface area (TPSA) is 94.3 Å². The monoisotopic (exact) mass is 428 g/mol. The van der Waals surface area contributed by atoms with E-state index < -0.39 is 5.91 Å². The van der Waals surface area contributed by atoms with Crippen LogP contribution in [0.25, 0.3) is 5.70 Å². The molecule has 1 heterocycles. The van der Waals surface area contributed by atoms with Crippen molar-refractivity contribution < 1.29 is 9.59 Å². The first-order valence-electron chi connectivity index (χ1n) is 10.6. The van der Waals surface area contributed by atoms with Crippen molar-refractivity contribution in [3.05, 3.63) is 76.4 Å². The van der Waals surface area contributed by atoms with E-state index in [1.807, 2.05) is 50.2 Å². The Labute approximate surface area is 189 Å². The van der Waals surface area contributed by atoms with Crippen LogP contribution in [0.5, 0.6) is 0 Å². The number of fused-ring (bicyclic) bond motifs is 1. The highest BCUT2D eigenvalue weighted by Gasteiger charge is 2.27. The van der Waals surface area contributed by atoms with Crippen molar-refractivity contribution in [2.75, 3.05) is 6.54 Å². The number of aliphatic imine (C=N–C) groups is 1. The summed E-state index contributed by atoms with van der Waals surface area (Å²) in [6.45, 7) is 10.8. The fourth-order valence-electron chi connectivity index (χ4n) is 3.31. The number of rotatable bonds is 4. The molecule has 0 bridgehead atoms. The molecule has 0 radical (unpaired) electrons. The summed E-state index contributed by atoms with van der Waals surface area (Å²) in [5.41, 5.74) is 3.14. The fourth-order valence-corrected chi connectivity index (χ4v) is 3.31. The smallest absolute Gasteiger partial charge is 0.264 e. The van der Waals surface area contributed by atoms with E-state index in [2.05, 4.69) is 36.4 Å². The number of nitrogens with one attached hydrogen (secondary N) is 2. The van der Waals surface area contributed by atoms with Crippen molar-refractivity contribution >= 4 is 23.3 Å². The molecule has 0 unspecified atom stereocenters. The van der Waals surface area contributed by atoms with Crippen LogP contribution in [0.1, 0.15) is 61.7 Å². The van der Waals surface area contributed by atoms with Gasteiger partial charge in [-0.25, -0.2) is 4.99 Å². The molecule has 164 valence electrons. The lowest BCUT2D eigenvalue weighted by atomic mass is 9.87. The Hall–Kier alpha value is -3.72. The van der Waals surface area contributed by atoms with Crippen LogP contribution in [0.3, 0.4) is 0 Å². The highest BCUT2D eigenvalue weighted by molar-refractivity contribution is 6.20. The fraction of sp³-hybridized carbons (Fsp3) is 0.308. The van der Waals surface area contributed by atoms with Gasteiger partial charge < -0.3 is 10.6 Å². The molecule has 32 heavy (non-hydrogen) atoms. The van der Waals surface area contributed by atoms with E-state index in [4.69, 9.17) is 0 Å². The van der Waals surface area contributed by atoms with Gasteiger partial charge >= 0.3 is 0 Å². The zero-order chi connectivity index (χ0) is 23.5. The second kappa shape index (κ2) is 9.19. The zero-order valence-electron chi connectivity index (χ0n) is 19.1. The Bertz CT molecular complexity index is 1140. The molecular formula is C26H28N4O2. The lowest BCUT2D eigenvalue weighted by molar-refractivity contribution is -0.117. The standard InChI is InChI=1S/C26H28N4O2/c1-16(2)15-28-25(32)21(14-27)22-19-8-6-7-9-20(19)23(29-22)30-24(31)17-10-12-18(13-11-17)26(3,4)5/h6-13,16H,15H2,1-5H3,(H,28,32)(H,29,30,31). The van der Waals surface area contributed by atoms with E-state index in [0.717, 1.165) is 5.56 Å². The number of carbonyl (C=O) groups is 2. The van der Waals surface area contributed by atoms with Gasteiger partial charge in [0.05, 0.1) is 5.70 Å². The van der Waals surface area contributed by atoms with Crippen molar-refractivity contribution in [3.63, 3.8) is 0 Å². The normalized spacial score (nSPS) is 14.3. The third kappa shape index (κ3) is 4.94. The molecular weight excluding hydrogens is 400 g/mol. The summed E-state index contributed by atoms with van der Waals surface area (Å²) in [5, 5.41) is 15.3. The molecule has 3 rings (SSSR count). The summed E-state index contributed by atoms with van der Waals surface area (Å²) < 4.78 is 0. The maximum Gasteiger partial charge on any atom is 0.264 e. The minimum absolute atomic E-state index is 0.00693. The summed E-state index contributed by atoms with van der Waals surface area (Å²) in [4.78, 5) is 29.9. The molecule has 6 heteroatoms. The number of benzene rings is 2. The number of hydrogen-bond acceptors (Lipinski definition) is 4. The number of amidine groups is 1. The summed E-state index contributed by atoms with van der Waals surface area (Å²) in [7, 11) is 0. The predicted molar refractivity (Wildman–Crippen MR) is 126 cm³/mol. The molecule has 1 aliphatic rings. The van der Waals surface area contributed by atoms with Crippen LogP contribution in [-0.2, 0) is 10.2 Å². The van der Waals surface area contributed by atoms with Crippen LogP contribution in [-0.4, -0.2) is 24.2 Å². The van der Waals surface area contributed by atoms with Crippen molar-refractivity contribution in [1.29, 1.82) is 5.26 Å². The van der Waals surface area contributed by atoms with E-state index in [9.17, 15) is 14.9 Å². The maximum absolute atomic E-state index is 12.9. The lowest BCUT2D eigenvalue weighted by Crippen LogP contribution is -2.30. The van der Waals surface area contributed by atoms with Gasteiger partial charge in [-0.15, -0.1) is 0 Å². The molecule has 0 aromatic heterocycles. The summed E-state index contributed by atoms with van der Waals surface area (Å²) in [6.07, 6.45) is 0. The van der Waals surface area contributed by atoms with E-state index in [1.54, 1.807) is 18.2 Å². The molecule has 1 aliphatic heterocycles.